The molecule has 4 atom stereocenters. The van der Waals surface area contributed by atoms with E-state index in [-0.39, 0.29) is 11.8 Å². The Bertz CT molecular complexity index is 802. The van der Waals surface area contributed by atoms with Gasteiger partial charge in [-0.2, -0.15) is 15.2 Å². The molecular weight excluding hydrogens is 316 g/mol. The van der Waals surface area contributed by atoms with E-state index in [4.69, 9.17) is 15.2 Å². The maximum absolute atomic E-state index is 10.3. The molecule has 1 saturated heterocycles. The first-order valence-corrected chi connectivity index (χ1v) is 7.44. The Morgan fingerprint density at radius 3 is 2.92 bits per heavy atom. The Balaban J connectivity index is 2.14. The molecule has 0 bridgehead atoms. The average Bonchev–Trinajstić information content (AvgIpc) is 3.08. The van der Waals surface area contributed by atoms with Gasteiger partial charge in [0.25, 0.3) is 0 Å². The number of rotatable bonds is 4. The third-order valence-corrected chi connectivity index (χ3v) is 4.14. The van der Waals surface area contributed by atoms with Gasteiger partial charge in [-0.05, 0) is 13.8 Å². The van der Waals surface area contributed by atoms with E-state index in [0.29, 0.717) is 17.8 Å². The topological polar surface area (TPSA) is 152 Å². The lowest BCUT2D eigenvalue weighted by molar-refractivity contribution is -0.0469. The van der Waals surface area contributed by atoms with Crippen molar-refractivity contribution in [2.75, 3.05) is 18.9 Å². The Kier molecular flexibility index (Phi) is 4.00. The number of aliphatic hydroxyl groups is 2. The molecule has 0 radical (unpaired) electrons. The highest BCUT2D eigenvalue weighted by Gasteiger charge is 2.55. The third-order valence-electron chi connectivity index (χ3n) is 4.14. The van der Waals surface area contributed by atoms with Crippen molar-refractivity contribution in [2.45, 2.75) is 32.3 Å². The fourth-order valence-electron chi connectivity index (χ4n) is 2.85. The zero-order chi connectivity index (χ0) is 17.5. The summed E-state index contributed by atoms with van der Waals surface area (Å²) >= 11 is 0. The van der Waals surface area contributed by atoms with Crippen LogP contribution in [-0.4, -0.2) is 55.2 Å². The van der Waals surface area contributed by atoms with E-state index in [9.17, 15) is 15.5 Å². The molecule has 4 unspecified atom stereocenters. The molecule has 10 heteroatoms. The number of aromatic nitrogens is 4. The number of imidazole rings is 1. The molecule has 1 aliphatic heterocycles. The Labute approximate surface area is 137 Å². The van der Waals surface area contributed by atoms with Crippen molar-refractivity contribution < 1.29 is 19.7 Å². The highest BCUT2D eigenvalue weighted by molar-refractivity contribution is 5.77. The summed E-state index contributed by atoms with van der Waals surface area (Å²) in [7, 11) is 0. The van der Waals surface area contributed by atoms with Gasteiger partial charge in [-0.15, -0.1) is 0 Å². The van der Waals surface area contributed by atoms with Crippen LogP contribution < -0.4 is 10.5 Å². The molecular formula is C14H18N6O4. The molecule has 4 N–H and O–H groups in total. The van der Waals surface area contributed by atoms with Crippen LogP contribution in [0.2, 0.25) is 0 Å². The number of hydrogen-bond donors (Lipinski definition) is 3. The second kappa shape index (κ2) is 5.86. The first-order valence-electron chi connectivity index (χ1n) is 7.44. The van der Waals surface area contributed by atoms with Crippen molar-refractivity contribution in [3.05, 3.63) is 6.33 Å². The van der Waals surface area contributed by atoms with Gasteiger partial charge < -0.3 is 25.4 Å². The zero-order valence-electron chi connectivity index (χ0n) is 13.2. The highest BCUT2D eigenvalue weighted by Crippen LogP contribution is 2.45. The van der Waals surface area contributed by atoms with Crippen LogP contribution >= 0.6 is 0 Å². The van der Waals surface area contributed by atoms with Crippen molar-refractivity contribution in [2.24, 2.45) is 5.41 Å². The Morgan fingerprint density at radius 1 is 1.54 bits per heavy atom. The number of hydrogen-bond acceptors (Lipinski definition) is 9. The minimum atomic E-state index is -1.30. The third kappa shape index (κ3) is 2.25. The predicted molar refractivity (Wildman–Crippen MR) is 81.6 cm³/mol. The number of fused-ring (bicyclic) bond motifs is 1. The Hall–Kier alpha value is -2.48. The molecule has 10 nitrogen and oxygen atoms in total. The van der Waals surface area contributed by atoms with Gasteiger partial charge in [-0.25, -0.2) is 4.98 Å². The van der Waals surface area contributed by atoms with Gasteiger partial charge in [-0.1, -0.05) is 0 Å². The highest BCUT2D eigenvalue weighted by atomic mass is 16.5. The maximum Gasteiger partial charge on any atom is 0.247 e. The summed E-state index contributed by atoms with van der Waals surface area (Å²) in [5.41, 5.74) is 5.12. The predicted octanol–water partition coefficient (Wildman–Crippen LogP) is -0.412. The van der Waals surface area contributed by atoms with Crippen molar-refractivity contribution in [1.29, 1.82) is 5.26 Å². The van der Waals surface area contributed by atoms with Crippen LogP contribution in [0.15, 0.2) is 6.33 Å². The standard InChI is InChI=1S/C14H18N6O4/c1-3-23-11-8-10(18-13(16)19-11)20(6-17-8)12-14(2,5-15)9(22)7(4-21)24-12/h6-7,9,12,21-22H,3-4H2,1-2H3,(H2,16,18,19). The number of ether oxygens (including phenoxy) is 2. The van der Waals surface area contributed by atoms with Gasteiger partial charge in [0.1, 0.15) is 17.6 Å². The molecule has 0 amide bonds. The van der Waals surface area contributed by atoms with Gasteiger partial charge in [0.2, 0.25) is 11.8 Å². The van der Waals surface area contributed by atoms with Crippen LogP contribution in [0.4, 0.5) is 5.95 Å². The van der Waals surface area contributed by atoms with E-state index in [1.54, 1.807) is 13.8 Å². The van der Waals surface area contributed by atoms with E-state index >= 15 is 0 Å². The van der Waals surface area contributed by atoms with Gasteiger partial charge in [0.15, 0.2) is 17.4 Å². The molecule has 1 aliphatic rings. The van der Waals surface area contributed by atoms with Crippen LogP contribution in [0.5, 0.6) is 5.88 Å². The maximum atomic E-state index is 10.3. The average molecular weight is 334 g/mol. The minimum absolute atomic E-state index is 0.0105. The summed E-state index contributed by atoms with van der Waals surface area (Å²) in [6.07, 6.45) is -1.53. The largest absolute Gasteiger partial charge is 0.476 e. The molecule has 0 spiro atoms. The molecule has 24 heavy (non-hydrogen) atoms. The first-order chi connectivity index (χ1) is 11.5. The monoisotopic (exact) mass is 334 g/mol. The van der Waals surface area contributed by atoms with Crippen LogP contribution in [0.3, 0.4) is 0 Å². The number of nitriles is 1. The second-order valence-electron chi connectivity index (χ2n) is 5.69. The van der Waals surface area contributed by atoms with E-state index in [1.807, 2.05) is 0 Å². The van der Waals surface area contributed by atoms with Crippen molar-refractivity contribution >= 4 is 17.1 Å². The zero-order valence-corrected chi connectivity index (χ0v) is 13.2. The molecule has 3 rings (SSSR count). The summed E-state index contributed by atoms with van der Waals surface area (Å²) in [5.74, 6) is 0.221. The number of nitrogen functional groups attached to an aromatic ring is 1. The number of anilines is 1. The van der Waals surface area contributed by atoms with E-state index in [0.717, 1.165) is 0 Å². The fraction of sp³-hybridized carbons (Fsp3) is 0.571. The minimum Gasteiger partial charge on any atom is -0.476 e. The van der Waals surface area contributed by atoms with E-state index < -0.39 is 30.5 Å². The normalized spacial score (nSPS) is 29.7. The molecule has 0 aromatic carbocycles. The lowest BCUT2D eigenvalue weighted by Gasteiger charge is -2.25. The number of nitrogens with two attached hydrogens (primary N) is 1. The molecule has 2 aromatic rings. The summed E-state index contributed by atoms with van der Waals surface area (Å²) in [4.78, 5) is 12.4. The molecule has 128 valence electrons. The van der Waals surface area contributed by atoms with Gasteiger partial charge in [0, 0.05) is 0 Å². The number of aliphatic hydroxyl groups excluding tert-OH is 2. The van der Waals surface area contributed by atoms with Gasteiger partial charge >= 0.3 is 0 Å². The lowest BCUT2D eigenvalue weighted by Crippen LogP contribution is -2.37. The van der Waals surface area contributed by atoms with E-state index in [1.165, 1.54) is 10.9 Å². The van der Waals surface area contributed by atoms with Crippen LogP contribution in [0, 0.1) is 16.7 Å². The number of nitrogens with zero attached hydrogens (tertiary/aromatic N) is 5. The summed E-state index contributed by atoms with van der Waals surface area (Å²) in [6, 6.07) is 2.07. The molecule has 1 fully saturated rings. The second-order valence-corrected chi connectivity index (χ2v) is 5.69. The molecule has 0 aliphatic carbocycles. The van der Waals surface area contributed by atoms with Crippen molar-refractivity contribution in [3.63, 3.8) is 0 Å². The molecule has 0 saturated carbocycles. The van der Waals surface area contributed by atoms with Crippen molar-refractivity contribution in [3.8, 4) is 11.9 Å². The van der Waals surface area contributed by atoms with Crippen LogP contribution in [0.25, 0.3) is 11.2 Å². The quantitative estimate of drug-likeness (QED) is 0.677. The van der Waals surface area contributed by atoms with Gasteiger partial charge in [-0.3, -0.25) is 4.57 Å². The van der Waals surface area contributed by atoms with Crippen LogP contribution in [-0.2, 0) is 4.74 Å². The van der Waals surface area contributed by atoms with E-state index in [2.05, 4.69) is 21.0 Å². The Morgan fingerprint density at radius 2 is 2.29 bits per heavy atom. The summed E-state index contributed by atoms with van der Waals surface area (Å²) < 4.78 is 12.6. The van der Waals surface area contributed by atoms with Crippen molar-refractivity contribution in [1.82, 2.24) is 19.5 Å². The van der Waals surface area contributed by atoms with Gasteiger partial charge in [0.05, 0.1) is 25.6 Å². The SMILES string of the molecule is CCOc1nc(N)nc2c1ncn2C1OC(CO)C(O)C1(C)C#N. The summed E-state index contributed by atoms with van der Waals surface area (Å²) in [5, 5.41) is 29.2. The summed E-state index contributed by atoms with van der Waals surface area (Å²) in [6.45, 7) is 3.32. The molecule has 2 aromatic heterocycles. The lowest BCUT2D eigenvalue weighted by atomic mass is 9.84. The molecule has 3 heterocycles. The smallest absolute Gasteiger partial charge is 0.247 e. The fourth-order valence-corrected chi connectivity index (χ4v) is 2.85. The van der Waals surface area contributed by atoms with Crippen LogP contribution in [0.1, 0.15) is 20.1 Å². The first kappa shape index (κ1) is 16.4.